The van der Waals surface area contributed by atoms with Crippen molar-refractivity contribution in [1.29, 1.82) is 0 Å². The van der Waals surface area contributed by atoms with Crippen molar-refractivity contribution in [1.82, 2.24) is 10.2 Å². The van der Waals surface area contributed by atoms with Crippen molar-refractivity contribution >= 4 is 0 Å². The van der Waals surface area contributed by atoms with E-state index in [9.17, 15) is 0 Å². The molecule has 1 N–H and O–H groups in total. The average molecular weight is 168 g/mol. The third kappa shape index (κ3) is 3.46. The van der Waals surface area contributed by atoms with Gasteiger partial charge in [-0.05, 0) is 20.3 Å². The Balaban J connectivity index is 4.22. The largest absolute Gasteiger partial charge is 0.393 e. The Morgan fingerprint density at radius 2 is 2.08 bits per heavy atom. The lowest BCUT2D eigenvalue weighted by atomic mass is 10.3. The van der Waals surface area contributed by atoms with Gasteiger partial charge in [-0.15, -0.1) is 0 Å². The molecule has 0 rings (SSSR count). The highest BCUT2D eigenvalue weighted by atomic mass is 15.1. The van der Waals surface area contributed by atoms with Crippen LogP contribution >= 0.6 is 0 Å². The van der Waals surface area contributed by atoms with E-state index in [-0.39, 0.29) is 0 Å². The van der Waals surface area contributed by atoms with Crippen molar-refractivity contribution in [2.24, 2.45) is 0 Å². The Kier molecular flexibility index (Phi) is 6.25. The van der Waals surface area contributed by atoms with Crippen LogP contribution in [-0.2, 0) is 0 Å². The van der Waals surface area contributed by atoms with Crippen LogP contribution in [0.15, 0.2) is 24.2 Å². The summed E-state index contributed by atoms with van der Waals surface area (Å²) in [6, 6.07) is 0. The minimum absolute atomic E-state index is 1.02. The molecule has 0 aliphatic carbocycles. The summed E-state index contributed by atoms with van der Waals surface area (Å²) in [5.41, 5.74) is 1.36. The predicted octanol–water partition coefficient (Wildman–Crippen LogP) is 2.31. The fourth-order valence-electron chi connectivity index (χ4n) is 1.14. The standard InChI is InChI=1S/C10H20N2/c1-5-10(6-2)12(7-3)9-8-11-4/h5,8-9,11H,6-7H2,1-4H3/b9-8-,10-5+. The maximum absolute atomic E-state index is 2.99. The van der Waals surface area contributed by atoms with Gasteiger partial charge in [0.1, 0.15) is 0 Å². The van der Waals surface area contributed by atoms with Gasteiger partial charge in [0.15, 0.2) is 0 Å². The van der Waals surface area contributed by atoms with Crippen LogP contribution < -0.4 is 5.32 Å². The molecule has 2 nitrogen and oxygen atoms in total. The molecular weight excluding hydrogens is 148 g/mol. The molecular formula is C10H20N2. The summed E-state index contributed by atoms with van der Waals surface area (Å²) in [5, 5.41) is 2.99. The Hall–Kier alpha value is -0.920. The van der Waals surface area contributed by atoms with E-state index < -0.39 is 0 Å². The molecule has 0 aromatic carbocycles. The van der Waals surface area contributed by atoms with Crippen molar-refractivity contribution in [2.75, 3.05) is 13.6 Å². The number of nitrogens with zero attached hydrogens (tertiary/aromatic N) is 1. The van der Waals surface area contributed by atoms with Gasteiger partial charge in [-0.1, -0.05) is 13.0 Å². The molecule has 0 unspecified atom stereocenters. The molecule has 0 saturated carbocycles. The first-order valence-electron chi connectivity index (χ1n) is 4.55. The lowest BCUT2D eigenvalue weighted by molar-refractivity contribution is 0.472. The Morgan fingerprint density at radius 3 is 2.42 bits per heavy atom. The van der Waals surface area contributed by atoms with Gasteiger partial charge >= 0.3 is 0 Å². The van der Waals surface area contributed by atoms with Gasteiger partial charge in [0, 0.05) is 31.7 Å². The SMILES string of the molecule is C/C=C(\CC)N(/C=C\NC)CC. The summed E-state index contributed by atoms with van der Waals surface area (Å²) in [4.78, 5) is 2.23. The van der Waals surface area contributed by atoms with E-state index in [0.717, 1.165) is 13.0 Å². The molecule has 0 fully saturated rings. The summed E-state index contributed by atoms with van der Waals surface area (Å²) >= 11 is 0. The number of allylic oxidation sites excluding steroid dienone is 2. The average Bonchev–Trinajstić information content (AvgIpc) is 2.12. The van der Waals surface area contributed by atoms with E-state index >= 15 is 0 Å². The fraction of sp³-hybridized carbons (Fsp3) is 0.600. The monoisotopic (exact) mass is 168 g/mol. The van der Waals surface area contributed by atoms with Crippen LogP contribution in [0.2, 0.25) is 0 Å². The van der Waals surface area contributed by atoms with Crippen LogP contribution in [0.1, 0.15) is 27.2 Å². The molecule has 12 heavy (non-hydrogen) atoms. The van der Waals surface area contributed by atoms with Crippen LogP contribution in [0.4, 0.5) is 0 Å². The molecule has 0 radical (unpaired) electrons. The zero-order valence-corrected chi connectivity index (χ0v) is 8.59. The molecule has 0 saturated heterocycles. The molecule has 0 aromatic heterocycles. The van der Waals surface area contributed by atoms with Gasteiger partial charge in [0.2, 0.25) is 0 Å². The van der Waals surface area contributed by atoms with Crippen LogP contribution in [0.3, 0.4) is 0 Å². The molecule has 0 bridgehead atoms. The highest BCUT2D eigenvalue weighted by molar-refractivity contribution is 5.03. The Bertz CT molecular complexity index is 159. The topological polar surface area (TPSA) is 15.3 Å². The third-order valence-corrected chi connectivity index (χ3v) is 1.83. The van der Waals surface area contributed by atoms with Gasteiger partial charge in [-0.3, -0.25) is 0 Å². The normalized spacial score (nSPS) is 12.2. The molecule has 2 heteroatoms. The molecule has 0 atom stereocenters. The second-order valence-corrected chi connectivity index (χ2v) is 2.52. The molecule has 0 heterocycles. The lowest BCUT2D eigenvalue weighted by Gasteiger charge is -2.20. The van der Waals surface area contributed by atoms with Crippen molar-refractivity contribution < 1.29 is 0 Å². The highest BCUT2D eigenvalue weighted by Gasteiger charge is 1.98. The zero-order chi connectivity index (χ0) is 9.40. The van der Waals surface area contributed by atoms with E-state index in [2.05, 4.69) is 43.3 Å². The molecule has 0 aliphatic rings. The van der Waals surface area contributed by atoms with Gasteiger partial charge in [0.05, 0.1) is 0 Å². The summed E-state index contributed by atoms with van der Waals surface area (Å²) in [5.74, 6) is 0. The quantitative estimate of drug-likeness (QED) is 0.677. The summed E-state index contributed by atoms with van der Waals surface area (Å²) in [6.07, 6.45) is 7.25. The van der Waals surface area contributed by atoms with Crippen molar-refractivity contribution in [3.05, 3.63) is 24.2 Å². The van der Waals surface area contributed by atoms with Gasteiger partial charge in [-0.2, -0.15) is 0 Å². The smallest absolute Gasteiger partial charge is 0.0194 e. The fourth-order valence-corrected chi connectivity index (χ4v) is 1.14. The zero-order valence-electron chi connectivity index (χ0n) is 8.59. The molecule has 0 aliphatic heterocycles. The molecule has 0 spiro atoms. The van der Waals surface area contributed by atoms with Crippen molar-refractivity contribution in [3.63, 3.8) is 0 Å². The van der Waals surface area contributed by atoms with Crippen molar-refractivity contribution in [2.45, 2.75) is 27.2 Å². The molecule has 0 aromatic rings. The maximum atomic E-state index is 2.99. The van der Waals surface area contributed by atoms with Crippen LogP contribution in [-0.4, -0.2) is 18.5 Å². The number of nitrogens with one attached hydrogen (secondary N) is 1. The second-order valence-electron chi connectivity index (χ2n) is 2.52. The first-order chi connectivity index (χ1) is 5.79. The molecule has 70 valence electrons. The summed E-state index contributed by atoms with van der Waals surface area (Å²) < 4.78 is 0. The number of hydrogen-bond acceptors (Lipinski definition) is 2. The summed E-state index contributed by atoms with van der Waals surface area (Å²) in [7, 11) is 1.91. The summed E-state index contributed by atoms with van der Waals surface area (Å²) in [6.45, 7) is 7.42. The van der Waals surface area contributed by atoms with E-state index in [1.807, 2.05) is 13.2 Å². The Morgan fingerprint density at radius 1 is 1.42 bits per heavy atom. The predicted molar refractivity (Wildman–Crippen MR) is 54.6 cm³/mol. The van der Waals surface area contributed by atoms with E-state index in [1.54, 1.807) is 0 Å². The van der Waals surface area contributed by atoms with Gasteiger partial charge in [0.25, 0.3) is 0 Å². The first kappa shape index (κ1) is 11.1. The third-order valence-electron chi connectivity index (χ3n) is 1.83. The Labute approximate surface area is 76.0 Å². The van der Waals surface area contributed by atoms with E-state index in [4.69, 9.17) is 0 Å². The van der Waals surface area contributed by atoms with Gasteiger partial charge < -0.3 is 10.2 Å². The van der Waals surface area contributed by atoms with E-state index in [1.165, 1.54) is 5.70 Å². The molecule has 0 amide bonds. The second kappa shape index (κ2) is 6.77. The van der Waals surface area contributed by atoms with Gasteiger partial charge in [-0.25, -0.2) is 0 Å². The van der Waals surface area contributed by atoms with Crippen molar-refractivity contribution in [3.8, 4) is 0 Å². The number of hydrogen-bond donors (Lipinski definition) is 1. The lowest BCUT2D eigenvalue weighted by Crippen LogP contribution is -2.16. The van der Waals surface area contributed by atoms with Crippen LogP contribution in [0.25, 0.3) is 0 Å². The van der Waals surface area contributed by atoms with Crippen LogP contribution in [0, 0.1) is 0 Å². The first-order valence-corrected chi connectivity index (χ1v) is 4.55. The maximum Gasteiger partial charge on any atom is 0.0194 e. The minimum Gasteiger partial charge on any atom is -0.393 e. The van der Waals surface area contributed by atoms with Crippen LogP contribution in [0.5, 0.6) is 0 Å². The highest BCUT2D eigenvalue weighted by Crippen LogP contribution is 2.07. The van der Waals surface area contributed by atoms with E-state index in [0.29, 0.717) is 0 Å². The number of rotatable bonds is 5. The minimum atomic E-state index is 1.02.